The van der Waals surface area contributed by atoms with Crippen molar-refractivity contribution in [1.29, 1.82) is 5.41 Å². The van der Waals surface area contributed by atoms with Gasteiger partial charge >= 0.3 is 0 Å². The highest BCUT2D eigenvalue weighted by molar-refractivity contribution is 6.04. The number of hydrogen-bond donors (Lipinski definition) is 2. The molecule has 10 heavy (non-hydrogen) atoms. The van der Waals surface area contributed by atoms with Crippen molar-refractivity contribution in [3.8, 4) is 0 Å². The van der Waals surface area contributed by atoms with Crippen LogP contribution in [0.2, 0.25) is 0 Å². The van der Waals surface area contributed by atoms with E-state index >= 15 is 0 Å². The Balaban J connectivity index is 2.97. The molecule has 1 aliphatic rings. The lowest BCUT2D eigenvalue weighted by molar-refractivity contribution is 0.971. The Morgan fingerprint density at radius 2 is 2.00 bits per heavy atom. The second-order valence-electron chi connectivity index (χ2n) is 2.65. The van der Waals surface area contributed by atoms with Crippen LogP contribution >= 0.6 is 0 Å². The molecule has 0 aliphatic heterocycles. The van der Waals surface area contributed by atoms with Gasteiger partial charge in [0.1, 0.15) is 0 Å². The van der Waals surface area contributed by atoms with Gasteiger partial charge in [-0.25, -0.2) is 0 Å². The fourth-order valence-electron chi connectivity index (χ4n) is 0.923. The summed E-state index contributed by atoms with van der Waals surface area (Å²) in [5.74, 6) is 0. The van der Waals surface area contributed by atoms with E-state index in [2.05, 4.69) is 0 Å². The summed E-state index contributed by atoms with van der Waals surface area (Å²) in [6.45, 7) is 3.85. The Kier molecular flexibility index (Phi) is 1.72. The fourth-order valence-corrected chi connectivity index (χ4v) is 0.923. The van der Waals surface area contributed by atoms with Crippen molar-refractivity contribution in [2.75, 3.05) is 0 Å². The predicted octanol–water partition coefficient (Wildman–Crippen LogP) is 1.24. The molecule has 0 amide bonds. The third kappa shape index (κ3) is 1.02. The second kappa shape index (κ2) is 2.39. The molecule has 1 aliphatic carbocycles. The maximum absolute atomic E-state index is 7.50. The van der Waals surface area contributed by atoms with Gasteiger partial charge in [-0.3, -0.25) is 0 Å². The normalized spacial score (nSPS) is 25.9. The van der Waals surface area contributed by atoms with E-state index in [-0.39, 0.29) is 6.04 Å². The van der Waals surface area contributed by atoms with Gasteiger partial charge < -0.3 is 11.1 Å². The number of nitrogens with two attached hydrogens (primary N) is 1. The quantitative estimate of drug-likeness (QED) is 0.517. The minimum Gasteiger partial charge on any atom is -0.319 e. The predicted molar refractivity (Wildman–Crippen MR) is 43.2 cm³/mol. The van der Waals surface area contributed by atoms with Gasteiger partial charge in [-0.05, 0) is 19.4 Å². The van der Waals surface area contributed by atoms with E-state index in [9.17, 15) is 0 Å². The van der Waals surface area contributed by atoms with E-state index in [4.69, 9.17) is 11.1 Å². The van der Waals surface area contributed by atoms with Crippen LogP contribution in [-0.2, 0) is 0 Å². The summed E-state index contributed by atoms with van der Waals surface area (Å²) in [6.07, 6.45) is 3.90. The third-order valence-electron chi connectivity index (χ3n) is 1.82. The largest absolute Gasteiger partial charge is 0.319 e. The lowest BCUT2D eigenvalue weighted by Gasteiger charge is -2.17. The zero-order valence-corrected chi connectivity index (χ0v) is 6.31. The Morgan fingerprint density at radius 1 is 1.40 bits per heavy atom. The summed E-state index contributed by atoms with van der Waals surface area (Å²) in [6, 6.07) is -0.176. The van der Waals surface area contributed by atoms with Gasteiger partial charge in [0.15, 0.2) is 0 Å². The molecule has 1 atom stereocenters. The molecule has 1 unspecified atom stereocenters. The number of rotatable bonds is 0. The Bertz CT molecular complexity index is 221. The van der Waals surface area contributed by atoms with Crippen molar-refractivity contribution in [1.82, 2.24) is 0 Å². The van der Waals surface area contributed by atoms with Crippen LogP contribution in [0.25, 0.3) is 0 Å². The van der Waals surface area contributed by atoms with Gasteiger partial charge in [-0.2, -0.15) is 0 Å². The van der Waals surface area contributed by atoms with E-state index < -0.39 is 0 Å². The molecule has 2 nitrogen and oxygen atoms in total. The summed E-state index contributed by atoms with van der Waals surface area (Å²) >= 11 is 0. The molecular formula is C8H12N2. The second-order valence-corrected chi connectivity index (χ2v) is 2.65. The first-order valence-electron chi connectivity index (χ1n) is 3.32. The maximum Gasteiger partial charge on any atom is 0.0681 e. The molecule has 0 spiro atoms. The molecule has 0 heterocycles. The first-order chi connectivity index (χ1) is 4.63. The van der Waals surface area contributed by atoms with Crippen molar-refractivity contribution < 1.29 is 0 Å². The highest BCUT2D eigenvalue weighted by Crippen LogP contribution is 2.12. The first-order valence-corrected chi connectivity index (χ1v) is 3.32. The van der Waals surface area contributed by atoms with Gasteiger partial charge in [-0.15, -0.1) is 0 Å². The van der Waals surface area contributed by atoms with E-state index in [0.29, 0.717) is 5.71 Å². The van der Waals surface area contributed by atoms with Crippen LogP contribution in [-0.4, -0.2) is 11.8 Å². The molecule has 0 radical (unpaired) electrons. The van der Waals surface area contributed by atoms with Crippen molar-refractivity contribution in [3.05, 3.63) is 23.3 Å². The average molecular weight is 136 g/mol. The molecular weight excluding hydrogens is 124 g/mol. The van der Waals surface area contributed by atoms with Crippen molar-refractivity contribution in [3.63, 3.8) is 0 Å². The molecule has 0 bridgehead atoms. The van der Waals surface area contributed by atoms with E-state index in [1.54, 1.807) is 0 Å². The lowest BCUT2D eigenvalue weighted by atomic mass is 9.94. The molecule has 2 heteroatoms. The Labute approximate surface area is 60.9 Å². The van der Waals surface area contributed by atoms with Crippen LogP contribution in [0.1, 0.15) is 13.8 Å². The van der Waals surface area contributed by atoms with E-state index in [1.807, 2.05) is 26.0 Å². The standard InChI is InChI=1S/C8H12N2/c1-5-3-4-6(2)8(10)7(5)9/h3-4,7,10H,9H2,1-2H3. The zero-order chi connectivity index (χ0) is 7.72. The Morgan fingerprint density at radius 3 is 2.50 bits per heavy atom. The Hall–Kier alpha value is -0.890. The van der Waals surface area contributed by atoms with E-state index in [0.717, 1.165) is 11.1 Å². The first kappa shape index (κ1) is 7.22. The molecule has 0 aromatic carbocycles. The van der Waals surface area contributed by atoms with E-state index in [1.165, 1.54) is 0 Å². The number of hydrogen-bond acceptors (Lipinski definition) is 2. The monoisotopic (exact) mass is 136 g/mol. The minimum absolute atomic E-state index is 0.176. The molecule has 3 N–H and O–H groups in total. The van der Waals surface area contributed by atoms with Crippen LogP contribution in [0, 0.1) is 5.41 Å². The zero-order valence-electron chi connectivity index (χ0n) is 6.31. The van der Waals surface area contributed by atoms with Crippen LogP contribution in [0.3, 0.4) is 0 Å². The highest BCUT2D eigenvalue weighted by Gasteiger charge is 2.14. The number of allylic oxidation sites excluding steroid dienone is 2. The minimum atomic E-state index is -0.176. The van der Waals surface area contributed by atoms with Crippen LogP contribution in [0.5, 0.6) is 0 Å². The van der Waals surface area contributed by atoms with Gasteiger partial charge in [0.2, 0.25) is 0 Å². The molecule has 54 valence electrons. The van der Waals surface area contributed by atoms with Crippen molar-refractivity contribution in [2.45, 2.75) is 19.9 Å². The number of nitrogens with one attached hydrogen (secondary N) is 1. The molecule has 1 rings (SSSR count). The summed E-state index contributed by atoms with van der Waals surface area (Å²) in [5.41, 5.74) is 8.26. The third-order valence-corrected chi connectivity index (χ3v) is 1.82. The maximum atomic E-state index is 7.50. The summed E-state index contributed by atoms with van der Waals surface area (Å²) in [4.78, 5) is 0. The summed E-state index contributed by atoms with van der Waals surface area (Å²) < 4.78 is 0. The topological polar surface area (TPSA) is 49.9 Å². The van der Waals surface area contributed by atoms with Crippen LogP contribution in [0.15, 0.2) is 23.3 Å². The van der Waals surface area contributed by atoms with Gasteiger partial charge in [0, 0.05) is 0 Å². The fraction of sp³-hybridized carbons (Fsp3) is 0.375. The SMILES string of the molecule is CC1=CC=C(C)C(N)C1=N. The summed E-state index contributed by atoms with van der Waals surface area (Å²) in [5, 5.41) is 7.50. The molecule has 0 aromatic rings. The van der Waals surface area contributed by atoms with Crippen molar-refractivity contribution >= 4 is 5.71 Å². The lowest BCUT2D eigenvalue weighted by Crippen LogP contribution is -2.33. The molecule has 0 fully saturated rings. The average Bonchev–Trinajstić information content (AvgIpc) is 1.93. The molecule has 0 saturated heterocycles. The highest BCUT2D eigenvalue weighted by atomic mass is 14.7. The molecule has 0 aromatic heterocycles. The summed E-state index contributed by atoms with van der Waals surface area (Å²) in [7, 11) is 0. The van der Waals surface area contributed by atoms with Gasteiger partial charge in [0.05, 0.1) is 11.8 Å². The van der Waals surface area contributed by atoms with Gasteiger partial charge in [0.25, 0.3) is 0 Å². The van der Waals surface area contributed by atoms with Crippen LogP contribution < -0.4 is 5.73 Å². The van der Waals surface area contributed by atoms with Crippen molar-refractivity contribution in [2.24, 2.45) is 5.73 Å². The molecule has 0 saturated carbocycles. The smallest absolute Gasteiger partial charge is 0.0681 e. The van der Waals surface area contributed by atoms with Gasteiger partial charge in [-0.1, -0.05) is 17.7 Å². The van der Waals surface area contributed by atoms with Crippen LogP contribution in [0.4, 0.5) is 0 Å².